The average Bonchev–Trinajstić information content (AvgIpc) is 2.93. The number of hydrogen-bond acceptors (Lipinski definition) is 4. The van der Waals surface area contributed by atoms with Gasteiger partial charge in [-0.3, -0.25) is 9.59 Å². The van der Waals surface area contributed by atoms with E-state index in [0.29, 0.717) is 33.4 Å². The first-order valence-corrected chi connectivity index (χ1v) is 14.5. The Morgan fingerprint density at radius 1 is 0.725 bits per heavy atom. The van der Waals surface area contributed by atoms with Crippen molar-refractivity contribution < 1.29 is 14.3 Å². The fourth-order valence-electron chi connectivity index (χ4n) is 3.65. The molecule has 0 saturated carbocycles. The van der Waals surface area contributed by atoms with Crippen molar-refractivity contribution in [1.29, 1.82) is 0 Å². The van der Waals surface area contributed by atoms with Gasteiger partial charge in [-0.15, -0.1) is 0 Å². The van der Waals surface area contributed by atoms with Crippen LogP contribution in [0.2, 0.25) is 10.0 Å². The summed E-state index contributed by atoms with van der Waals surface area (Å²) in [5.41, 5.74) is 1.90. The average molecular weight is 581 g/mol. The van der Waals surface area contributed by atoms with Crippen LogP contribution in [-0.2, 0) is 20.7 Å². The van der Waals surface area contributed by atoms with Gasteiger partial charge in [0.25, 0.3) is 0 Å². The van der Waals surface area contributed by atoms with E-state index in [9.17, 15) is 9.59 Å². The number of halogens is 2. The Balaban J connectivity index is 1.62. The van der Waals surface area contributed by atoms with Crippen LogP contribution in [0.15, 0.2) is 103 Å². The van der Waals surface area contributed by atoms with Gasteiger partial charge in [0.15, 0.2) is 0 Å². The second-order valence-corrected chi connectivity index (χ2v) is 9.82. The van der Waals surface area contributed by atoms with Crippen LogP contribution in [0.1, 0.15) is 63.9 Å². The third-order valence-corrected chi connectivity index (χ3v) is 6.34. The monoisotopic (exact) mass is 579 g/mol. The van der Waals surface area contributed by atoms with E-state index in [0.717, 1.165) is 38.5 Å². The zero-order valence-corrected chi connectivity index (χ0v) is 24.7. The van der Waals surface area contributed by atoms with Gasteiger partial charge >= 0.3 is 11.9 Å². The lowest BCUT2D eigenvalue weighted by atomic mass is 10.1. The number of allylic oxidation sites excluding steroid dienone is 10. The molecule has 0 aromatic heterocycles. The van der Waals surface area contributed by atoms with Gasteiger partial charge in [0.05, 0.1) is 22.2 Å². The summed E-state index contributed by atoms with van der Waals surface area (Å²) in [6.45, 7) is 2.14. The highest BCUT2D eigenvalue weighted by Crippen LogP contribution is 2.33. The smallest absolute Gasteiger partial charge is 0.317 e. The van der Waals surface area contributed by atoms with Crippen LogP contribution in [0.3, 0.4) is 0 Å². The molecule has 0 spiro atoms. The van der Waals surface area contributed by atoms with Crippen molar-refractivity contribution in [2.24, 2.45) is 0 Å². The minimum absolute atomic E-state index is 0.0498. The van der Waals surface area contributed by atoms with Crippen molar-refractivity contribution in [1.82, 2.24) is 0 Å². The molecule has 40 heavy (non-hydrogen) atoms. The molecule has 2 rings (SSSR count). The topological polar surface area (TPSA) is 55.4 Å². The SMILES string of the molecule is CCC=CCC=CCC=CCC=CCC=CCCCC(=O)OC(=O)Cc1ccccc1Nc1c(Cl)cccc1Cl. The lowest BCUT2D eigenvalue weighted by Crippen LogP contribution is -2.15. The summed E-state index contributed by atoms with van der Waals surface area (Å²) in [6, 6.07) is 12.5. The highest BCUT2D eigenvalue weighted by molar-refractivity contribution is 6.39. The lowest BCUT2D eigenvalue weighted by Gasteiger charge is -2.14. The van der Waals surface area contributed by atoms with Crippen LogP contribution >= 0.6 is 23.2 Å². The third-order valence-electron chi connectivity index (χ3n) is 5.71. The van der Waals surface area contributed by atoms with Gasteiger partial charge in [-0.05, 0) is 68.7 Å². The molecule has 2 aromatic carbocycles. The highest BCUT2D eigenvalue weighted by atomic mass is 35.5. The highest BCUT2D eigenvalue weighted by Gasteiger charge is 2.14. The van der Waals surface area contributed by atoms with E-state index in [1.54, 1.807) is 24.3 Å². The van der Waals surface area contributed by atoms with Gasteiger partial charge < -0.3 is 10.1 Å². The predicted molar refractivity (Wildman–Crippen MR) is 169 cm³/mol. The molecule has 212 valence electrons. The number of benzene rings is 2. The standard InChI is InChI=1S/C34H39Cl2NO3/c1-2-3-4-5-6-7-8-9-10-11-12-13-14-15-16-17-18-26-32(38)40-33(39)27-28-22-19-20-25-31(28)37-34-29(35)23-21-24-30(34)36/h3-4,6-7,9-10,12-13,15-16,19-25,37H,2,5,8,11,14,17-18,26-27H2,1H3. The maximum atomic E-state index is 12.4. The van der Waals surface area contributed by atoms with Crippen molar-refractivity contribution >= 4 is 46.5 Å². The van der Waals surface area contributed by atoms with Crippen LogP contribution in [0.5, 0.6) is 0 Å². The van der Waals surface area contributed by atoms with Gasteiger partial charge in [0.1, 0.15) is 0 Å². The van der Waals surface area contributed by atoms with Gasteiger partial charge in [0, 0.05) is 12.1 Å². The Morgan fingerprint density at radius 3 is 1.88 bits per heavy atom. The van der Waals surface area contributed by atoms with Gasteiger partial charge in [0.2, 0.25) is 0 Å². The molecule has 0 saturated heterocycles. The lowest BCUT2D eigenvalue weighted by molar-refractivity contribution is -0.159. The summed E-state index contributed by atoms with van der Waals surface area (Å²) in [7, 11) is 0. The Kier molecular flexibility index (Phi) is 16.9. The molecule has 0 bridgehead atoms. The molecular weight excluding hydrogens is 541 g/mol. The number of para-hydroxylation sites is 2. The molecule has 0 unspecified atom stereocenters. The first kappa shape index (κ1) is 32.9. The zero-order valence-electron chi connectivity index (χ0n) is 23.2. The number of esters is 2. The number of carbonyl (C=O) groups is 2. The summed E-state index contributed by atoms with van der Waals surface area (Å²) in [5, 5.41) is 4.11. The number of ether oxygens (including phenoxy) is 1. The van der Waals surface area contributed by atoms with E-state index < -0.39 is 11.9 Å². The Morgan fingerprint density at radius 2 is 1.27 bits per heavy atom. The molecule has 0 aliphatic heterocycles. The maximum Gasteiger partial charge on any atom is 0.317 e. The third kappa shape index (κ3) is 14.2. The fourth-order valence-corrected chi connectivity index (χ4v) is 4.14. The number of carbonyl (C=O) groups excluding carboxylic acids is 2. The van der Waals surface area contributed by atoms with E-state index in [1.807, 2.05) is 18.2 Å². The van der Waals surface area contributed by atoms with Crippen LogP contribution in [0.4, 0.5) is 11.4 Å². The van der Waals surface area contributed by atoms with Crippen molar-refractivity contribution in [3.05, 3.63) is 119 Å². The molecule has 0 atom stereocenters. The second-order valence-electron chi connectivity index (χ2n) is 9.00. The van der Waals surface area contributed by atoms with Gasteiger partial charge in [-0.1, -0.05) is 115 Å². The number of rotatable bonds is 17. The summed E-state index contributed by atoms with van der Waals surface area (Å²) in [4.78, 5) is 24.5. The second kappa shape index (κ2) is 20.5. The molecule has 0 aliphatic rings. The first-order chi connectivity index (χ1) is 19.5. The summed E-state index contributed by atoms with van der Waals surface area (Å²) in [6.07, 6.45) is 27.8. The van der Waals surface area contributed by atoms with Crippen LogP contribution in [0, 0.1) is 0 Å². The van der Waals surface area contributed by atoms with Crippen LogP contribution < -0.4 is 5.32 Å². The van der Waals surface area contributed by atoms with Crippen molar-refractivity contribution in [2.45, 2.75) is 64.7 Å². The fraction of sp³-hybridized carbons (Fsp3) is 0.294. The molecule has 1 N–H and O–H groups in total. The predicted octanol–water partition coefficient (Wildman–Crippen LogP) is 10.3. The van der Waals surface area contributed by atoms with Crippen molar-refractivity contribution in [2.75, 3.05) is 5.32 Å². The molecule has 0 amide bonds. The van der Waals surface area contributed by atoms with Gasteiger partial charge in [-0.25, -0.2) is 0 Å². The Hall–Kier alpha value is -3.34. The summed E-state index contributed by atoms with van der Waals surface area (Å²) < 4.78 is 5.03. The molecule has 0 radical (unpaired) electrons. The molecule has 2 aromatic rings. The number of nitrogens with one attached hydrogen (secondary N) is 1. The van der Waals surface area contributed by atoms with Gasteiger partial charge in [-0.2, -0.15) is 0 Å². The summed E-state index contributed by atoms with van der Waals surface area (Å²) in [5.74, 6) is -1.11. The number of unbranched alkanes of at least 4 members (excludes halogenated alkanes) is 1. The van der Waals surface area contributed by atoms with E-state index in [1.165, 1.54) is 0 Å². The van der Waals surface area contributed by atoms with E-state index in [2.05, 4.69) is 73.0 Å². The van der Waals surface area contributed by atoms with E-state index >= 15 is 0 Å². The Labute approximate surface area is 249 Å². The summed E-state index contributed by atoms with van der Waals surface area (Å²) >= 11 is 12.5. The molecule has 6 heteroatoms. The van der Waals surface area contributed by atoms with Crippen molar-refractivity contribution in [3.63, 3.8) is 0 Å². The number of anilines is 2. The molecule has 4 nitrogen and oxygen atoms in total. The molecular formula is C34H39Cl2NO3. The maximum absolute atomic E-state index is 12.4. The Bertz CT molecular complexity index is 1190. The number of hydrogen-bond donors (Lipinski definition) is 1. The zero-order chi connectivity index (χ0) is 28.8. The quantitative estimate of drug-likeness (QED) is 0.0875. The normalized spacial score (nSPS) is 12.0. The molecule has 0 fully saturated rings. The van der Waals surface area contributed by atoms with E-state index in [-0.39, 0.29) is 12.8 Å². The molecule has 0 aliphatic carbocycles. The minimum Gasteiger partial charge on any atom is -0.393 e. The van der Waals surface area contributed by atoms with Crippen LogP contribution in [0.25, 0.3) is 0 Å². The largest absolute Gasteiger partial charge is 0.393 e. The van der Waals surface area contributed by atoms with E-state index in [4.69, 9.17) is 27.9 Å². The van der Waals surface area contributed by atoms with Crippen LogP contribution in [-0.4, -0.2) is 11.9 Å². The van der Waals surface area contributed by atoms with Crippen molar-refractivity contribution in [3.8, 4) is 0 Å². The minimum atomic E-state index is -0.598. The molecule has 0 heterocycles. The first-order valence-electron chi connectivity index (χ1n) is 13.8.